The van der Waals surface area contributed by atoms with E-state index in [-0.39, 0.29) is 22.1 Å². The molecule has 26 heavy (non-hydrogen) atoms. The summed E-state index contributed by atoms with van der Waals surface area (Å²) in [6, 6.07) is 9.93. The van der Waals surface area contributed by atoms with Gasteiger partial charge in [0.15, 0.2) is 20.9 Å². The van der Waals surface area contributed by atoms with Crippen molar-refractivity contribution in [3.8, 4) is 5.75 Å². The van der Waals surface area contributed by atoms with Crippen LogP contribution in [0.25, 0.3) is 0 Å². The van der Waals surface area contributed by atoms with Gasteiger partial charge in [-0.15, -0.1) is 0 Å². The smallest absolute Gasteiger partial charge is 0.329 e. The SMILES string of the molecule is CC(=O)c1ccc(OC(=O)[C@H](C)S(=O)(=O)c2ccc([N+](=O)[O-])cc2)cc1. The van der Waals surface area contributed by atoms with Crippen LogP contribution in [0.2, 0.25) is 0 Å². The van der Waals surface area contributed by atoms with Crippen molar-refractivity contribution in [1.29, 1.82) is 0 Å². The average Bonchev–Trinajstić information content (AvgIpc) is 2.61. The van der Waals surface area contributed by atoms with Gasteiger partial charge in [0.25, 0.3) is 5.69 Å². The molecule has 0 fully saturated rings. The molecular formula is C17H15NO7S. The number of nitro benzene ring substituents is 1. The largest absolute Gasteiger partial charge is 0.426 e. The number of nitro groups is 1. The van der Waals surface area contributed by atoms with Gasteiger partial charge < -0.3 is 4.74 Å². The molecule has 9 heteroatoms. The Hall–Kier alpha value is -3.07. The van der Waals surface area contributed by atoms with Gasteiger partial charge in [0, 0.05) is 17.7 Å². The molecule has 0 saturated carbocycles. The Bertz CT molecular complexity index is 948. The number of hydrogen-bond acceptors (Lipinski definition) is 7. The van der Waals surface area contributed by atoms with Gasteiger partial charge in [-0.1, -0.05) is 0 Å². The normalized spacial score (nSPS) is 12.2. The van der Waals surface area contributed by atoms with Crippen LogP contribution in [-0.4, -0.2) is 30.3 Å². The lowest BCUT2D eigenvalue weighted by Gasteiger charge is -2.12. The molecule has 2 aromatic carbocycles. The van der Waals surface area contributed by atoms with Crippen LogP contribution in [0.15, 0.2) is 53.4 Å². The molecule has 0 N–H and O–H groups in total. The van der Waals surface area contributed by atoms with Crippen molar-refractivity contribution in [2.45, 2.75) is 24.0 Å². The number of rotatable bonds is 6. The maximum absolute atomic E-state index is 12.5. The number of esters is 1. The zero-order valence-corrected chi connectivity index (χ0v) is 14.7. The minimum atomic E-state index is -4.07. The second-order valence-electron chi connectivity index (χ2n) is 5.44. The summed E-state index contributed by atoms with van der Waals surface area (Å²) in [4.78, 5) is 33.1. The molecular weight excluding hydrogens is 362 g/mol. The van der Waals surface area contributed by atoms with Crippen LogP contribution in [0.5, 0.6) is 5.75 Å². The van der Waals surface area contributed by atoms with Gasteiger partial charge >= 0.3 is 5.97 Å². The fraction of sp³-hybridized carbons (Fsp3) is 0.176. The minimum Gasteiger partial charge on any atom is -0.426 e. The van der Waals surface area contributed by atoms with Crippen molar-refractivity contribution in [3.05, 3.63) is 64.2 Å². The highest BCUT2D eigenvalue weighted by Gasteiger charge is 2.31. The molecule has 1 atom stereocenters. The topological polar surface area (TPSA) is 121 Å². The predicted molar refractivity (Wildman–Crippen MR) is 91.8 cm³/mol. The van der Waals surface area contributed by atoms with E-state index >= 15 is 0 Å². The van der Waals surface area contributed by atoms with Crippen LogP contribution < -0.4 is 4.74 Å². The van der Waals surface area contributed by atoms with Crippen molar-refractivity contribution >= 4 is 27.3 Å². The fourth-order valence-corrected chi connectivity index (χ4v) is 3.27. The van der Waals surface area contributed by atoms with E-state index in [0.29, 0.717) is 5.56 Å². The Balaban J connectivity index is 2.17. The number of Topliss-reactive ketones (excluding diaryl/α,β-unsaturated/α-hetero) is 1. The quantitative estimate of drug-likeness (QED) is 0.249. The first-order chi connectivity index (χ1) is 12.1. The van der Waals surface area contributed by atoms with E-state index in [9.17, 15) is 28.1 Å². The van der Waals surface area contributed by atoms with Crippen molar-refractivity contribution < 1.29 is 27.7 Å². The number of benzene rings is 2. The van der Waals surface area contributed by atoms with Crippen molar-refractivity contribution in [1.82, 2.24) is 0 Å². The van der Waals surface area contributed by atoms with Gasteiger partial charge in [-0.05, 0) is 50.2 Å². The summed E-state index contributed by atoms with van der Waals surface area (Å²) in [5.41, 5.74) is 0.168. The number of nitrogens with zero attached hydrogens (tertiary/aromatic N) is 1. The Morgan fingerprint density at radius 3 is 2.04 bits per heavy atom. The summed E-state index contributed by atoms with van der Waals surface area (Å²) < 4.78 is 30.0. The Morgan fingerprint density at radius 2 is 1.58 bits per heavy atom. The van der Waals surface area contributed by atoms with E-state index in [1.165, 1.54) is 38.1 Å². The molecule has 2 rings (SSSR count). The first kappa shape index (κ1) is 19.3. The van der Waals surface area contributed by atoms with Crippen LogP contribution in [0.1, 0.15) is 24.2 Å². The first-order valence-electron chi connectivity index (χ1n) is 7.44. The molecule has 0 amide bonds. The molecule has 0 bridgehead atoms. The first-order valence-corrected chi connectivity index (χ1v) is 8.98. The molecule has 0 saturated heterocycles. The third kappa shape index (κ3) is 4.12. The second-order valence-corrected chi connectivity index (χ2v) is 7.71. The Morgan fingerprint density at radius 1 is 1.04 bits per heavy atom. The molecule has 0 aliphatic carbocycles. The molecule has 0 aromatic heterocycles. The summed E-state index contributed by atoms with van der Waals surface area (Å²) in [5, 5.41) is 9.12. The number of non-ortho nitro benzene ring substituents is 1. The highest BCUT2D eigenvalue weighted by molar-refractivity contribution is 7.92. The summed E-state index contributed by atoms with van der Waals surface area (Å²) in [7, 11) is -4.07. The number of hydrogen-bond donors (Lipinski definition) is 0. The number of ether oxygens (including phenoxy) is 1. The van der Waals surface area contributed by atoms with Gasteiger partial charge in [0.2, 0.25) is 0 Å². The summed E-state index contributed by atoms with van der Waals surface area (Å²) in [6.45, 7) is 2.56. The Kier molecular flexibility index (Phi) is 5.51. The summed E-state index contributed by atoms with van der Waals surface area (Å²) >= 11 is 0. The predicted octanol–water partition coefficient (Wildman–Crippen LogP) is 2.57. The van der Waals surface area contributed by atoms with Crippen LogP contribution in [0.3, 0.4) is 0 Å². The van der Waals surface area contributed by atoms with E-state index in [0.717, 1.165) is 24.3 Å². The van der Waals surface area contributed by atoms with Crippen molar-refractivity contribution in [2.75, 3.05) is 0 Å². The number of carbonyl (C=O) groups is 2. The zero-order chi connectivity index (χ0) is 19.5. The zero-order valence-electron chi connectivity index (χ0n) is 13.9. The Labute approximate surface area is 149 Å². The molecule has 0 aliphatic heterocycles. The lowest BCUT2D eigenvalue weighted by Crippen LogP contribution is -2.31. The maximum Gasteiger partial charge on any atom is 0.329 e. The molecule has 0 aliphatic rings. The summed E-state index contributed by atoms with van der Waals surface area (Å²) in [5.74, 6) is -1.05. The average molecular weight is 377 g/mol. The van der Waals surface area contributed by atoms with Crippen LogP contribution >= 0.6 is 0 Å². The van der Waals surface area contributed by atoms with Gasteiger partial charge in [-0.3, -0.25) is 19.7 Å². The minimum absolute atomic E-state index is 0.103. The molecule has 136 valence electrons. The highest BCUT2D eigenvalue weighted by atomic mass is 32.2. The number of carbonyl (C=O) groups excluding carboxylic acids is 2. The lowest BCUT2D eigenvalue weighted by atomic mass is 10.1. The third-order valence-corrected chi connectivity index (χ3v) is 5.71. The molecule has 2 aromatic rings. The van der Waals surface area contributed by atoms with Crippen molar-refractivity contribution in [3.63, 3.8) is 0 Å². The van der Waals surface area contributed by atoms with E-state index in [1.54, 1.807) is 0 Å². The molecule has 0 heterocycles. The molecule has 8 nitrogen and oxygen atoms in total. The highest BCUT2D eigenvalue weighted by Crippen LogP contribution is 2.21. The van der Waals surface area contributed by atoms with Gasteiger partial charge in [-0.25, -0.2) is 8.42 Å². The maximum atomic E-state index is 12.5. The van der Waals surface area contributed by atoms with Crippen molar-refractivity contribution in [2.24, 2.45) is 0 Å². The molecule has 0 unspecified atom stereocenters. The van der Waals surface area contributed by atoms with Gasteiger partial charge in [0.1, 0.15) is 5.75 Å². The van der Waals surface area contributed by atoms with Crippen LogP contribution in [0, 0.1) is 10.1 Å². The lowest BCUT2D eigenvalue weighted by molar-refractivity contribution is -0.384. The van der Waals surface area contributed by atoms with Gasteiger partial charge in [-0.2, -0.15) is 0 Å². The van der Waals surface area contributed by atoms with Crippen LogP contribution in [-0.2, 0) is 14.6 Å². The number of sulfone groups is 1. The van der Waals surface area contributed by atoms with Crippen LogP contribution in [0.4, 0.5) is 5.69 Å². The summed E-state index contributed by atoms with van der Waals surface area (Å²) in [6.07, 6.45) is 0. The number of ketones is 1. The third-order valence-electron chi connectivity index (χ3n) is 3.65. The van der Waals surface area contributed by atoms with E-state index in [4.69, 9.17) is 4.74 Å². The fourth-order valence-electron chi connectivity index (χ4n) is 2.05. The second kappa shape index (κ2) is 7.44. The monoisotopic (exact) mass is 377 g/mol. The van der Waals surface area contributed by atoms with E-state index in [1.807, 2.05) is 0 Å². The van der Waals surface area contributed by atoms with Gasteiger partial charge in [0.05, 0.1) is 9.82 Å². The standard InChI is InChI=1S/C17H15NO7S/c1-11(19)13-3-7-15(8-4-13)25-17(20)12(2)26(23,24)16-9-5-14(6-10-16)18(21)22/h3-10,12H,1-2H3/t12-/m0/s1. The van der Waals surface area contributed by atoms with E-state index in [2.05, 4.69) is 0 Å². The molecule has 0 radical (unpaired) electrons. The van der Waals surface area contributed by atoms with E-state index < -0.39 is 26.0 Å². The molecule has 0 spiro atoms.